The number of aromatic nitrogens is 1. The fourth-order valence-corrected chi connectivity index (χ4v) is 3.24. The number of nitrogens with one attached hydrogen (secondary N) is 1. The van der Waals surface area contributed by atoms with Crippen molar-refractivity contribution in [3.05, 3.63) is 35.4 Å². The summed E-state index contributed by atoms with van der Waals surface area (Å²) in [6.07, 6.45) is 0. The van der Waals surface area contributed by atoms with Crippen molar-refractivity contribution in [3.63, 3.8) is 0 Å². The van der Waals surface area contributed by atoms with Crippen LogP contribution in [0, 0.1) is 22.7 Å². The van der Waals surface area contributed by atoms with Crippen molar-refractivity contribution in [3.8, 4) is 23.6 Å². The number of nitrogens with zero attached hydrogens (tertiary/aromatic N) is 3. The number of hydrogen-bond acceptors (Lipinski definition) is 8. The van der Waals surface area contributed by atoms with Crippen LogP contribution in [0.3, 0.4) is 0 Å². The number of benzene rings is 1. The van der Waals surface area contributed by atoms with Gasteiger partial charge in [-0.3, -0.25) is 4.79 Å². The molecular weight excluding hydrogens is 366 g/mol. The molecule has 0 spiro atoms. The van der Waals surface area contributed by atoms with Gasteiger partial charge in [0, 0.05) is 11.8 Å². The number of hydrogen-bond donors (Lipinski definition) is 2. The highest BCUT2D eigenvalue weighted by Crippen LogP contribution is 2.33. The van der Waals surface area contributed by atoms with Crippen LogP contribution in [0.4, 0.5) is 11.5 Å². The summed E-state index contributed by atoms with van der Waals surface area (Å²) >= 11 is 1.09. The van der Waals surface area contributed by atoms with Gasteiger partial charge >= 0.3 is 0 Å². The normalized spacial score (nSPS) is 13.1. The van der Waals surface area contributed by atoms with Crippen LogP contribution in [-0.4, -0.2) is 29.4 Å². The zero-order chi connectivity index (χ0) is 19.4. The molecule has 3 rings (SSSR count). The number of rotatable bonds is 4. The van der Waals surface area contributed by atoms with Crippen LogP contribution in [0.15, 0.2) is 29.3 Å². The van der Waals surface area contributed by atoms with E-state index in [1.807, 2.05) is 12.1 Å². The number of carbonyl (C=O) groups is 1. The lowest BCUT2D eigenvalue weighted by Gasteiger charge is -2.19. The lowest BCUT2D eigenvalue weighted by Crippen LogP contribution is -2.23. The Hall–Kier alpha value is -3.43. The third kappa shape index (κ3) is 4.05. The number of anilines is 2. The van der Waals surface area contributed by atoms with Crippen molar-refractivity contribution in [2.45, 2.75) is 17.2 Å². The first-order valence-corrected chi connectivity index (χ1v) is 8.87. The monoisotopic (exact) mass is 381 g/mol. The molecule has 8 nitrogen and oxygen atoms in total. The van der Waals surface area contributed by atoms with Gasteiger partial charge in [-0.25, -0.2) is 4.98 Å². The summed E-state index contributed by atoms with van der Waals surface area (Å²) in [4.78, 5) is 16.6. The number of pyridine rings is 1. The summed E-state index contributed by atoms with van der Waals surface area (Å²) in [5.74, 6) is 0.967. The van der Waals surface area contributed by atoms with Crippen molar-refractivity contribution in [1.29, 1.82) is 10.5 Å². The maximum Gasteiger partial charge on any atom is 0.237 e. The molecule has 1 aliphatic rings. The molecule has 1 aliphatic heterocycles. The predicted molar refractivity (Wildman–Crippen MR) is 99.5 cm³/mol. The number of nitrogen functional groups attached to an aromatic ring is 1. The van der Waals surface area contributed by atoms with Crippen LogP contribution in [0.1, 0.15) is 18.1 Å². The van der Waals surface area contributed by atoms with E-state index in [0.29, 0.717) is 35.4 Å². The van der Waals surface area contributed by atoms with E-state index in [4.69, 9.17) is 20.5 Å². The quantitative estimate of drug-likeness (QED) is 0.771. The number of nitriles is 2. The van der Waals surface area contributed by atoms with Crippen LogP contribution >= 0.6 is 11.8 Å². The number of nitrogens with two attached hydrogens (primary N) is 1. The highest BCUT2D eigenvalue weighted by atomic mass is 32.2. The van der Waals surface area contributed by atoms with Gasteiger partial charge in [0.15, 0.2) is 11.5 Å². The molecule has 0 fully saturated rings. The van der Waals surface area contributed by atoms with Crippen molar-refractivity contribution in [1.82, 2.24) is 4.98 Å². The van der Waals surface area contributed by atoms with Crippen LogP contribution in [0.5, 0.6) is 11.5 Å². The lowest BCUT2D eigenvalue weighted by atomic mass is 10.2. The Balaban J connectivity index is 1.72. The van der Waals surface area contributed by atoms with E-state index in [1.165, 1.54) is 6.07 Å². The van der Waals surface area contributed by atoms with E-state index in [-0.39, 0.29) is 22.9 Å². The number of amides is 1. The molecule has 3 N–H and O–H groups in total. The second-order valence-corrected chi connectivity index (χ2v) is 6.93. The molecular formula is C18H15N5O3S. The summed E-state index contributed by atoms with van der Waals surface area (Å²) in [5.41, 5.74) is 6.61. The van der Waals surface area contributed by atoms with E-state index < -0.39 is 5.25 Å². The first kappa shape index (κ1) is 18.4. The molecule has 136 valence electrons. The molecule has 1 amide bonds. The number of ether oxygens (including phenoxy) is 2. The van der Waals surface area contributed by atoms with Gasteiger partial charge in [-0.1, -0.05) is 11.8 Å². The second kappa shape index (κ2) is 7.85. The van der Waals surface area contributed by atoms with Crippen LogP contribution in [0.25, 0.3) is 0 Å². The SMILES string of the molecule is C[C@H](Sc1nc(N)c(C#N)cc1C#N)C(=O)Nc1ccc2c(c1)OCCO2. The molecule has 0 radical (unpaired) electrons. The minimum atomic E-state index is -0.551. The Bertz CT molecular complexity index is 980. The highest BCUT2D eigenvalue weighted by molar-refractivity contribution is 8.00. The average molecular weight is 381 g/mol. The minimum absolute atomic E-state index is 0.0263. The number of thioether (sulfide) groups is 1. The number of carbonyl (C=O) groups excluding carboxylic acids is 1. The molecule has 2 aromatic rings. The van der Waals surface area contributed by atoms with Gasteiger partial charge in [0.25, 0.3) is 0 Å². The van der Waals surface area contributed by atoms with E-state index >= 15 is 0 Å². The van der Waals surface area contributed by atoms with E-state index in [1.54, 1.807) is 25.1 Å². The molecule has 0 saturated heterocycles. The number of fused-ring (bicyclic) bond motifs is 1. The lowest BCUT2D eigenvalue weighted by molar-refractivity contribution is -0.115. The molecule has 27 heavy (non-hydrogen) atoms. The Morgan fingerprint density at radius 1 is 1.22 bits per heavy atom. The maximum atomic E-state index is 12.5. The first-order valence-electron chi connectivity index (χ1n) is 7.99. The molecule has 0 unspecified atom stereocenters. The summed E-state index contributed by atoms with van der Waals surface area (Å²) in [7, 11) is 0. The van der Waals surface area contributed by atoms with Crippen LogP contribution < -0.4 is 20.5 Å². The molecule has 1 atom stereocenters. The smallest absolute Gasteiger partial charge is 0.237 e. The van der Waals surface area contributed by atoms with Crippen LogP contribution in [0.2, 0.25) is 0 Å². The summed E-state index contributed by atoms with van der Waals surface area (Å²) in [5, 5.41) is 20.8. The molecule has 1 aromatic heterocycles. The Morgan fingerprint density at radius 3 is 2.63 bits per heavy atom. The van der Waals surface area contributed by atoms with Crippen molar-refractivity contribution in [2.75, 3.05) is 24.3 Å². The summed E-state index contributed by atoms with van der Waals surface area (Å²) in [6, 6.07) is 10.4. The predicted octanol–water partition coefficient (Wildman–Crippen LogP) is 2.30. The Kier molecular flexibility index (Phi) is 5.34. The average Bonchev–Trinajstić information content (AvgIpc) is 2.68. The summed E-state index contributed by atoms with van der Waals surface area (Å²) < 4.78 is 10.9. The maximum absolute atomic E-state index is 12.5. The fraction of sp³-hybridized carbons (Fsp3) is 0.222. The minimum Gasteiger partial charge on any atom is -0.486 e. The third-order valence-electron chi connectivity index (χ3n) is 3.73. The van der Waals surface area contributed by atoms with E-state index in [0.717, 1.165) is 11.8 Å². The molecule has 2 heterocycles. The van der Waals surface area contributed by atoms with Crippen molar-refractivity contribution < 1.29 is 14.3 Å². The van der Waals surface area contributed by atoms with Gasteiger partial charge in [0.05, 0.1) is 16.4 Å². The van der Waals surface area contributed by atoms with Crippen molar-refractivity contribution >= 4 is 29.2 Å². The van der Waals surface area contributed by atoms with Gasteiger partial charge < -0.3 is 20.5 Å². The standard InChI is InChI=1S/C18H15N5O3S/c1-10(27-18-12(9-20)6-11(8-19)16(21)23-18)17(24)22-13-2-3-14-15(7-13)26-5-4-25-14/h2-3,6-7,10H,4-5H2,1H3,(H2,21,23)(H,22,24)/t10-/m0/s1. The zero-order valence-corrected chi connectivity index (χ0v) is 15.2. The van der Waals surface area contributed by atoms with Crippen LogP contribution in [-0.2, 0) is 4.79 Å². The van der Waals surface area contributed by atoms with Gasteiger partial charge in [0.1, 0.15) is 36.2 Å². The second-order valence-electron chi connectivity index (χ2n) is 5.61. The van der Waals surface area contributed by atoms with E-state index in [2.05, 4.69) is 10.3 Å². The van der Waals surface area contributed by atoms with Gasteiger partial charge in [-0.2, -0.15) is 10.5 Å². The third-order valence-corrected chi connectivity index (χ3v) is 4.83. The molecule has 0 bridgehead atoms. The summed E-state index contributed by atoms with van der Waals surface area (Å²) in [6.45, 7) is 2.64. The Morgan fingerprint density at radius 2 is 1.93 bits per heavy atom. The topological polar surface area (TPSA) is 134 Å². The van der Waals surface area contributed by atoms with Gasteiger partial charge in [-0.05, 0) is 25.1 Å². The first-order chi connectivity index (χ1) is 13.0. The molecule has 0 aliphatic carbocycles. The largest absolute Gasteiger partial charge is 0.486 e. The van der Waals surface area contributed by atoms with Gasteiger partial charge in [0.2, 0.25) is 5.91 Å². The highest BCUT2D eigenvalue weighted by Gasteiger charge is 2.20. The zero-order valence-electron chi connectivity index (χ0n) is 14.4. The molecule has 9 heteroatoms. The fourth-order valence-electron chi connectivity index (χ4n) is 2.36. The van der Waals surface area contributed by atoms with Crippen molar-refractivity contribution in [2.24, 2.45) is 0 Å². The molecule has 1 aromatic carbocycles. The molecule has 0 saturated carbocycles. The van der Waals surface area contributed by atoms with E-state index in [9.17, 15) is 10.1 Å². The van der Waals surface area contributed by atoms with Gasteiger partial charge in [-0.15, -0.1) is 0 Å². The Labute approximate surface area is 159 Å².